The van der Waals surface area contributed by atoms with Crippen molar-refractivity contribution in [3.63, 3.8) is 0 Å². The van der Waals surface area contributed by atoms with Crippen molar-refractivity contribution in [3.05, 3.63) is 18.2 Å². The van der Waals surface area contributed by atoms with Crippen molar-refractivity contribution in [3.8, 4) is 0 Å². The molecule has 0 radical (unpaired) electrons. The third-order valence-electron chi connectivity index (χ3n) is 3.40. The highest BCUT2D eigenvalue weighted by molar-refractivity contribution is 5.86. The van der Waals surface area contributed by atoms with E-state index in [0.29, 0.717) is 0 Å². The van der Waals surface area contributed by atoms with Gasteiger partial charge in [0.2, 0.25) is 5.91 Å². The van der Waals surface area contributed by atoms with E-state index in [-0.39, 0.29) is 11.9 Å². The topological polar surface area (TPSA) is 69.8 Å². The predicted molar refractivity (Wildman–Crippen MR) is 65.4 cm³/mol. The second kappa shape index (κ2) is 4.87. The molecule has 1 fully saturated rings. The lowest BCUT2D eigenvalue weighted by Crippen LogP contribution is -2.57. The largest absolute Gasteiger partial charge is 0.347 e. The Balaban J connectivity index is 1.96. The summed E-state index contributed by atoms with van der Waals surface area (Å²) in [6.07, 6.45) is 6.60. The van der Waals surface area contributed by atoms with E-state index in [0.717, 1.165) is 31.6 Å². The maximum absolute atomic E-state index is 12.2. The molecule has 0 aliphatic carbocycles. The lowest BCUT2D eigenvalue weighted by Gasteiger charge is -2.34. The molecule has 0 spiro atoms. The molecule has 1 aromatic heterocycles. The van der Waals surface area contributed by atoms with Gasteiger partial charge < -0.3 is 15.6 Å². The highest BCUT2D eigenvalue weighted by Gasteiger charge is 2.34. The SMILES string of the molecule is CC(NC(=O)C1(C)CCCCN1)c1ncc[nH]1. The molecular weight excluding hydrogens is 216 g/mol. The number of nitrogens with one attached hydrogen (secondary N) is 3. The van der Waals surface area contributed by atoms with Gasteiger partial charge in [-0.1, -0.05) is 0 Å². The van der Waals surface area contributed by atoms with Gasteiger partial charge >= 0.3 is 0 Å². The van der Waals surface area contributed by atoms with Crippen LogP contribution in [0.25, 0.3) is 0 Å². The van der Waals surface area contributed by atoms with Crippen molar-refractivity contribution >= 4 is 5.91 Å². The molecule has 3 N–H and O–H groups in total. The van der Waals surface area contributed by atoms with Crippen molar-refractivity contribution in [2.45, 2.75) is 44.7 Å². The number of piperidine rings is 1. The van der Waals surface area contributed by atoms with Crippen LogP contribution in [0.1, 0.15) is 45.0 Å². The zero-order chi connectivity index (χ0) is 12.3. The molecule has 5 nitrogen and oxygen atoms in total. The van der Waals surface area contributed by atoms with E-state index in [4.69, 9.17) is 0 Å². The van der Waals surface area contributed by atoms with Crippen molar-refractivity contribution in [1.29, 1.82) is 0 Å². The van der Waals surface area contributed by atoms with E-state index >= 15 is 0 Å². The minimum absolute atomic E-state index is 0.0566. The first-order chi connectivity index (χ1) is 8.12. The van der Waals surface area contributed by atoms with Crippen molar-refractivity contribution in [2.75, 3.05) is 6.54 Å². The Morgan fingerprint density at radius 2 is 2.41 bits per heavy atom. The third-order valence-corrected chi connectivity index (χ3v) is 3.40. The number of imidazole rings is 1. The maximum Gasteiger partial charge on any atom is 0.240 e. The summed E-state index contributed by atoms with van der Waals surface area (Å²) in [5.41, 5.74) is -0.431. The summed E-state index contributed by atoms with van der Waals surface area (Å²) in [5.74, 6) is 0.846. The molecular formula is C12H20N4O. The van der Waals surface area contributed by atoms with Gasteiger partial charge in [0.25, 0.3) is 0 Å². The van der Waals surface area contributed by atoms with Crippen molar-refractivity contribution < 1.29 is 4.79 Å². The lowest BCUT2D eigenvalue weighted by molar-refractivity contribution is -0.128. The summed E-state index contributed by atoms with van der Waals surface area (Å²) in [4.78, 5) is 19.4. The number of hydrogen-bond donors (Lipinski definition) is 3. The standard InChI is InChI=1S/C12H20N4O/c1-9(10-13-7-8-14-10)16-11(17)12(2)5-3-4-6-15-12/h7-9,15H,3-6H2,1-2H3,(H,13,14)(H,16,17). The Hall–Kier alpha value is -1.36. The quantitative estimate of drug-likeness (QED) is 0.736. The van der Waals surface area contributed by atoms with E-state index < -0.39 is 5.54 Å². The van der Waals surface area contributed by atoms with Crippen LogP contribution in [0.15, 0.2) is 12.4 Å². The molecule has 1 aliphatic heterocycles. The fourth-order valence-electron chi connectivity index (χ4n) is 2.19. The third kappa shape index (κ3) is 2.66. The molecule has 2 atom stereocenters. The summed E-state index contributed by atoms with van der Waals surface area (Å²) in [7, 11) is 0. The summed E-state index contributed by atoms with van der Waals surface area (Å²) in [5, 5.41) is 6.30. The zero-order valence-electron chi connectivity index (χ0n) is 10.4. The molecule has 1 amide bonds. The van der Waals surface area contributed by atoms with Gasteiger partial charge in [-0.3, -0.25) is 4.79 Å². The Kier molecular flexibility index (Phi) is 3.47. The van der Waals surface area contributed by atoms with Crippen LogP contribution in [0.2, 0.25) is 0 Å². The number of H-pyrrole nitrogens is 1. The smallest absolute Gasteiger partial charge is 0.240 e. The van der Waals surface area contributed by atoms with Crippen LogP contribution in [0.5, 0.6) is 0 Å². The molecule has 0 aromatic carbocycles. The first kappa shape index (κ1) is 12.1. The molecule has 0 bridgehead atoms. The monoisotopic (exact) mass is 236 g/mol. The molecule has 1 aliphatic rings. The average Bonchev–Trinajstić information content (AvgIpc) is 2.83. The fourth-order valence-corrected chi connectivity index (χ4v) is 2.19. The molecule has 2 rings (SSSR count). The Morgan fingerprint density at radius 3 is 3.00 bits per heavy atom. The molecule has 17 heavy (non-hydrogen) atoms. The molecule has 2 unspecified atom stereocenters. The van der Waals surface area contributed by atoms with E-state index in [9.17, 15) is 4.79 Å². The lowest BCUT2D eigenvalue weighted by atomic mass is 9.90. The van der Waals surface area contributed by atoms with E-state index in [1.165, 1.54) is 0 Å². The van der Waals surface area contributed by atoms with Crippen LogP contribution in [-0.4, -0.2) is 28.0 Å². The zero-order valence-corrected chi connectivity index (χ0v) is 10.4. The van der Waals surface area contributed by atoms with Crippen LogP contribution in [0.3, 0.4) is 0 Å². The number of rotatable bonds is 3. The predicted octanol–water partition coefficient (Wildman–Crippen LogP) is 1.12. The number of hydrogen-bond acceptors (Lipinski definition) is 3. The van der Waals surface area contributed by atoms with Gasteiger partial charge in [-0.25, -0.2) is 4.98 Å². The number of carbonyl (C=O) groups excluding carboxylic acids is 1. The van der Waals surface area contributed by atoms with Gasteiger partial charge in [0.1, 0.15) is 5.82 Å². The Labute approximate surface area is 101 Å². The van der Waals surface area contributed by atoms with Gasteiger partial charge in [0.15, 0.2) is 0 Å². The normalized spacial score (nSPS) is 26.5. The number of aromatic amines is 1. The van der Waals surface area contributed by atoms with Crippen molar-refractivity contribution in [1.82, 2.24) is 20.6 Å². The van der Waals surface area contributed by atoms with Crippen molar-refractivity contribution in [2.24, 2.45) is 0 Å². The molecule has 2 heterocycles. The van der Waals surface area contributed by atoms with E-state index in [1.807, 2.05) is 13.8 Å². The second-order valence-corrected chi connectivity index (χ2v) is 4.89. The molecule has 0 saturated carbocycles. The summed E-state index contributed by atoms with van der Waals surface area (Å²) in [6, 6.07) is -0.0851. The molecule has 1 saturated heterocycles. The number of amides is 1. The average molecular weight is 236 g/mol. The molecule has 1 aromatic rings. The van der Waals surface area contributed by atoms with E-state index in [1.54, 1.807) is 12.4 Å². The fraction of sp³-hybridized carbons (Fsp3) is 0.667. The van der Waals surface area contributed by atoms with Gasteiger partial charge in [-0.05, 0) is 39.7 Å². The first-order valence-corrected chi connectivity index (χ1v) is 6.17. The van der Waals surface area contributed by atoms with E-state index in [2.05, 4.69) is 20.6 Å². The van der Waals surface area contributed by atoms with Gasteiger partial charge in [-0.2, -0.15) is 0 Å². The van der Waals surface area contributed by atoms with Crippen LogP contribution < -0.4 is 10.6 Å². The minimum atomic E-state index is -0.431. The summed E-state index contributed by atoms with van der Waals surface area (Å²) < 4.78 is 0. The Morgan fingerprint density at radius 1 is 1.59 bits per heavy atom. The van der Waals surface area contributed by atoms with Crippen LogP contribution in [-0.2, 0) is 4.79 Å². The summed E-state index contributed by atoms with van der Waals surface area (Å²) in [6.45, 7) is 4.82. The first-order valence-electron chi connectivity index (χ1n) is 6.17. The number of carbonyl (C=O) groups is 1. The number of nitrogens with zero attached hydrogens (tertiary/aromatic N) is 1. The highest BCUT2D eigenvalue weighted by Crippen LogP contribution is 2.20. The van der Waals surface area contributed by atoms with Gasteiger partial charge in [0, 0.05) is 12.4 Å². The van der Waals surface area contributed by atoms with Gasteiger partial charge in [0.05, 0.1) is 11.6 Å². The molecule has 5 heteroatoms. The van der Waals surface area contributed by atoms with Crippen LogP contribution >= 0.6 is 0 Å². The molecule has 94 valence electrons. The second-order valence-electron chi connectivity index (χ2n) is 4.89. The number of aromatic nitrogens is 2. The Bertz CT molecular complexity index is 368. The highest BCUT2D eigenvalue weighted by atomic mass is 16.2. The summed E-state index contributed by atoms with van der Waals surface area (Å²) >= 11 is 0. The van der Waals surface area contributed by atoms with Gasteiger partial charge in [-0.15, -0.1) is 0 Å². The van der Waals surface area contributed by atoms with Crippen LogP contribution in [0, 0.1) is 0 Å². The van der Waals surface area contributed by atoms with Crippen LogP contribution in [0.4, 0.5) is 0 Å². The minimum Gasteiger partial charge on any atom is -0.347 e. The maximum atomic E-state index is 12.2.